The van der Waals surface area contributed by atoms with Crippen molar-refractivity contribution in [2.24, 2.45) is 5.92 Å². The summed E-state index contributed by atoms with van der Waals surface area (Å²) in [7, 11) is 0. The summed E-state index contributed by atoms with van der Waals surface area (Å²) >= 11 is 0. The van der Waals surface area contributed by atoms with Gasteiger partial charge in [-0.1, -0.05) is 18.8 Å². The van der Waals surface area contributed by atoms with E-state index in [1.807, 2.05) is 0 Å². The molecule has 1 rings (SSSR count). The summed E-state index contributed by atoms with van der Waals surface area (Å²) in [4.78, 5) is 22.5. The number of hydrogen-bond donors (Lipinski definition) is 3. The van der Waals surface area contributed by atoms with Crippen molar-refractivity contribution in [2.45, 2.75) is 38.6 Å². The predicted octanol–water partition coefficient (Wildman–Crippen LogP) is 0.952. The van der Waals surface area contributed by atoms with E-state index in [9.17, 15) is 9.59 Å². The first-order valence-electron chi connectivity index (χ1n) is 5.82. The van der Waals surface area contributed by atoms with Crippen LogP contribution in [0.4, 0.5) is 4.79 Å². The lowest BCUT2D eigenvalue weighted by atomic mass is 9.84. The standard InChI is InChI=1S/C12H18N2O3/c1-2-3-8-13-12(17)14-10-7-5-4-6-9(10)11(15)16/h9-10H,4-8H2,1H3,(H,15,16)(H2,13,14,17). The highest BCUT2D eigenvalue weighted by Gasteiger charge is 2.31. The van der Waals surface area contributed by atoms with Gasteiger partial charge in [0.1, 0.15) is 0 Å². The molecule has 1 aliphatic rings. The van der Waals surface area contributed by atoms with Crippen molar-refractivity contribution >= 4 is 12.0 Å². The van der Waals surface area contributed by atoms with Gasteiger partial charge in [0.25, 0.3) is 0 Å². The molecule has 1 aliphatic carbocycles. The van der Waals surface area contributed by atoms with E-state index in [0.717, 1.165) is 19.3 Å². The molecule has 2 unspecified atom stereocenters. The van der Waals surface area contributed by atoms with Crippen molar-refractivity contribution in [3.05, 3.63) is 0 Å². The van der Waals surface area contributed by atoms with Gasteiger partial charge in [0, 0.05) is 6.04 Å². The molecule has 0 aliphatic heterocycles. The maximum Gasteiger partial charge on any atom is 0.315 e. The van der Waals surface area contributed by atoms with Crippen LogP contribution >= 0.6 is 0 Å². The number of hydrogen-bond acceptors (Lipinski definition) is 2. The minimum Gasteiger partial charge on any atom is -0.481 e. The number of carbonyl (C=O) groups is 2. The first-order chi connectivity index (χ1) is 8.15. The van der Waals surface area contributed by atoms with E-state index in [-0.39, 0.29) is 18.6 Å². The fraction of sp³-hybridized carbons (Fsp3) is 0.667. The Morgan fingerprint density at radius 1 is 1.35 bits per heavy atom. The third-order valence-corrected chi connectivity index (χ3v) is 2.91. The van der Waals surface area contributed by atoms with E-state index in [0.29, 0.717) is 6.42 Å². The molecule has 0 heterocycles. The number of urea groups is 1. The van der Waals surface area contributed by atoms with Gasteiger partial charge in [-0.25, -0.2) is 4.79 Å². The van der Waals surface area contributed by atoms with Gasteiger partial charge in [0.2, 0.25) is 0 Å². The van der Waals surface area contributed by atoms with Gasteiger partial charge in [0.15, 0.2) is 0 Å². The predicted molar refractivity (Wildman–Crippen MR) is 63.4 cm³/mol. The van der Waals surface area contributed by atoms with E-state index in [4.69, 9.17) is 5.11 Å². The van der Waals surface area contributed by atoms with Crippen LogP contribution in [0, 0.1) is 17.8 Å². The normalized spacial score (nSPS) is 23.1. The fourth-order valence-electron chi connectivity index (χ4n) is 2.03. The van der Waals surface area contributed by atoms with Crippen LogP contribution in [0.2, 0.25) is 0 Å². The Labute approximate surface area is 101 Å². The SMILES string of the molecule is CC#CCNC(=O)NC1CCCCC1C(=O)O. The van der Waals surface area contributed by atoms with Crippen LogP contribution in [-0.2, 0) is 4.79 Å². The average Bonchev–Trinajstić information content (AvgIpc) is 2.29. The highest BCUT2D eigenvalue weighted by Crippen LogP contribution is 2.24. The lowest BCUT2D eigenvalue weighted by molar-refractivity contribution is -0.143. The minimum absolute atomic E-state index is 0.268. The van der Waals surface area contributed by atoms with Gasteiger partial charge < -0.3 is 15.7 Å². The largest absolute Gasteiger partial charge is 0.481 e. The zero-order valence-corrected chi connectivity index (χ0v) is 9.95. The fourth-order valence-corrected chi connectivity index (χ4v) is 2.03. The molecule has 1 fully saturated rings. The summed E-state index contributed by atoms with van der Waals surface area (Å²) in [5.74, 6) is 4.08. The molecule has 3 N–H and O–H groups in total. The maximum atomic E-state index is 11.5. The summed E-state index contributed by atoms with van der Waals surface area (Å²) in [5, 5.41) is 14.3. The van der Waals surface area contributed by atoms with Crippen molar-refractivity contribution < 1.29 is 14.7 Å². The van der Waals surface area contributed by atoms with Crippen molar-refractivity contribution in [3.8, 4) is 11.8 Å². The Morgan fingerprint density at radius 2 is 2.06 bits per heavy atom. The van der Waals surface area contributed by atoms with E-state index in [2.05, 4.69) is 22.5 Å². The molecule has 2 atom stereocenters. The minimum atomic E-state index is -0.830. The molecule has 0 bridgehead atoms. The zero-order valence-electron chi connectivity index (χ0n) is 9.95. The quantitative estimate of drug-likeness (QED) is 0.641. The molecule has 94 valence electrons. The van der Waals surface area contributed by atoms with E-state index < -0.39 is 11.9 Å². The highest BCUT2D eigenvalue weighted by atomic mass is 16.4. The third kappa shape index (κ3) is 4.35. The smallest absolute Gasteiger partial charge is 0.315 e. The second kappa shape index (κ2) is 6.79. The number of carbonyl (C=O) groups excluding carboxylic acids is 1. The number of carboxylic acid groups (broad SMARTS) is 1. The van der Waals surface area contributed by atoms with Gasteiger partial charge >= 0.3 is 12.0 Å². The summed E-state index contributed by atoms with van der Waals surface area (Å²) in [6.07, 6.45) is 3.24. The van der Waals surface area contributed by atoms with Crippen molar-refractivity contribution in [1.82, 2.24) is 10.6 Å². The molecular formula is C12H18N2O3. The first kappa shape index (κ1) is 13.4. The Hall–Kier alpha value is -1.70. The Morgan fingerprint density at radius 3 is 2.71 bits per heavy atom. The summed E-state index contributed by atoms with van der Waals surface area (Å²) < 4.78 is 0. The molecule has 0 aromatic carbocycles. The molecule has 0 aromatic heterocycles. The molecule has 2 amide bonds. The van der Waals surface area contributed by atoms with Crippen LogP contribution in [0.25, 0.3) is 0 Å². The van der Waals surface area contributed by atoms with Gasteiger partial charge in [-0.2, -0.15) is 0 Å². The summed E-state index contributed by atoms with van der Waals surface area (Å²) in [5.41, 5.74) is 0. The van der Waals surface area contributed by atoms with Gasteiger partial charge in [-0.3, -0.25) is 4.79 Å². The zero-order chi connectivity index (χ0) is 12.7. The van der Waals surface area contributed by atoms with E-state index >= 15 is 0 Å². The molecule has 1 saturated carbocycles. The number of rotatable bonds is 3. The molecule has 5 nitrogen and oxygen atoms in total. The topological polar surface area (TPSA) is 78.4 Å². The molecule has 0 saturated heterocycles. The van der Waals surface area contributed by atoms with Gasteiger partial charge in [-0.05, 0) is 19.8 Å². The van der Waals surface area contributed by atoms with Crippen LogP contribution in [0.1, 0.15) is 32.6 Å². The van der Waals surface area contributed by atoms with Gasteiger partial charge in [0.05, 0.1) is 12.5 Å². The van der Waals surface area contributed by atoms with Crippen LogP contribution in [-0.4, -0.2) is 29.7 Å². The Kier molecular flexibility index (Phi) is 5.34. The Balaban J connectivity index is 2.43. The van der Waals surface area contributed by atoms with Crippen LogP contribution < -0.4 is 10.6 Å². The summed E-state index contributed by atoms with van der Waals surface area (Å²) in [6.45, 7) is 1.98. The number of nitrogens with one attached hydrogen (secondary N) is 2. The van der Waals surface area contributed by atoms with Crippen molar-refractivity contribution in [3.63, 3.8) is 0 Å². The average molecular weight is 238 g/mol. The highest BCUT2D eigenvalue weighted by molar-refractivity contribution is 5.77. The van der Waals surface area contributed by atoms with Gasteiger partial charge in [-0.15, -0.1) is 5.92 Å². The lowest BCUT2D eigenvalue weighted by Gasteiger charge is -2.29. The van der Waals surface area contributed by atoms with Crippen molar-refractivity contribution in [1.29, 1.82) is 0 Å². The maximum absolute atomic E-state index is 11.5. The van der Waals surface area contributed by atoms with Crippen LogP contribution in [0.5, 0.6) is 0 Å². The molecule has 0 aromatic rings. The molecule has 5 heteroatoms. The second-order valence-electron chi connectivity index (χ2n) is 4.09. The monoisotopic (exact) mass is 238 g/mol. The molecular weight excluding hydrogens is 220 g/mol. The third-order valence-electron chi connectivity index (χ3n) is 2.91. The second-order valence-corrected chi connectivity index (χ2v) is 4.09. The Bertz CT molecular complexity index is 343. The summed E-state index contributed by atoms with van der Waals surface area (Å²) in [6, 6.07) is -0.610. The van der Waals surface area contributed by atoms with E-state index in [1.54, 1.807) is 6.92 Å². The molecule has 0 spiro atoms. The van der Waals surface area contributed by atoms with Crippen LogP contribution in [0.3, 0.4) is 0 Å². The van der Waals surface area contributed by atoms with Crippen molar-refractivity contribution in [2.75, 3.05) is 6.54 Å². The molecule has 0 radical (unpaired) electrons. The van der Waals surface area contributed by atoms with Crippen LogP contribution in [0.15, 0.2) is 0 Å². The first-order valence-corrected chi connectivity index (χ1v) is 5.82. The molecule has 17 heavy (non-hydrogen) atoms. The number of carboxylic acids is 1. The number of amides is 2. The lowest BCUT2D eigenvalue weighted by Crippen LogP contribution is -2.48. The van der Waals surface area contributed by atoms with E-state index in [1.165, 1.54) is 0 Å². The number of aliphatic carboxylic acids is 1.